The number of hydrogen-bond acceptors (Lipinski definition) is 4. The van der Waals surface area contributed by atoms with Crippen molar-refractivity contribution in [3.63, 3.8) is 0 Å². The summed E-state index contributed by atoms with van der Waals surface area (Å²) in [5, 5.41) is -1.09. The van der Waals surface area contributed by atoms with Crippen LogP contribution in [0.5, 0.6) is 0 Å². The van der Waals surface area contributed by atoms with Gasteiger partial charge in [-0.05, 0) is 25.1 Å². The van der Waals surface area contributed by atoms with E-state index in [2.05, 4.69) is 4.98 Å². The Bertz CT molecular complexity index is 622. The minimum absolute atomic E-state index is 0.226. The van der Waals surface area contributed by atoms with E-state index in [0.717, 1.165) is 5.56 Å². The first-order valence-corrected chi connectivity index (χ1v) is 7.02. The maximum atomic E-state index is 12.3. The summed E-state index contributed by atoms with van der Waals surface area (Å²) < 4.78 is 24.6. The Balaban J connectivity index is 2.40. The van der Waals surface area contributed by atoms with Gasteiger partial charge in [-0.2, -0.15) is 0 Å². The van der Waals surface area contributed by atoms with E-state index < -0.39 is 15.2 Å². The Morgan fingerprint density at radius 3 is 2.39 bits per heavy atom. The highest BCUT2D eigenvalue weighted by molar-refractivity contribution is 7.91. The zero-order chi connectivity index (χ0) is 13.2. The molecule has 4 nitrogen and oxygen atoms in total. The molecule has 1 atom stereocenters. The molecule has 1 heterocycles. The topological polar surface area (TPSA) is 73.0 Å². The molecule has 0 aliphatic carbocycles. The van der Waals surface area contributed by atoms with E-state index in [0.29, 0.717) is 5.56 Å². The molecule has 0 fully saturated rings. The largest absolute Gasteiger partial charge is 0.311 e. The fraction of sp³-hybridized carbons (Fsp3) is 0.154. The first kappa shape index (κ1) is 12.7. The summed E-state index contributed by atoms with van der Waals surface area (Å²) in [4.78, 5) is 4.11. The van der Waals surface area contributed by atoms with Crippen molar-refractivity contribution in [2.45, 2.75) is 17.2 Å². The Kier molecular flexibility index (Phi) is 3.45. The lowest BCUT2D eigenvalue weighted by atomic mass is 10.2. The fourth-order valence-electron chi connectivity index (χ4n) is 1.60. The lowest BCUT2D eigenvalue weighted by Crippen LogP contribution is -2.22. The number of benzene rings is 1. The molecule has 0 saturated heterocycles. The summed E-state index contributed by atoms with van der Waals surface area (Å²) in [6.07, 6.45) is 3.05. The van der Waals surface area contributed by atoms with E-state index in [1.54, 1.807) is 42.6 Å². The van der Waals surface area contributed by atoms with Crippen LogP contribution in [0.25, 0.3) is 0 Å². The average Bonchev–Trinajstić information content (AvgIpc) is 2.39. The molecule has 2 aromatic rings. The second-order valence-electron chi connectivity index (χ2n) is 4.07. The summed E-state index contributed by atoms with van der Waals surface area (Å²) in [7, 11) is -3.57. The number of hydrogen-bond donors (Lipinski definition) is 1. The third-order valence-corrected chi connectivity index (χ3v) is 4.57. The molecule has 94 valence electrons. The monoisotopic (exact) mass is 262 g/mol. The molecule has 0 aliphatic heterocycles. The number of sulfone groups is 1. The molecule has 0 aliphatic rings. The van der Waals surface area contributed by atoms with Crippen molar-refractivity contribution >= 4 is 9.84 Å². The van der Waals surface area contributed by atoms with Gasteiger partial charge in [-0.1, -0.05) is 23.8 Å². The lowest BCUT2D eigenvalue weighted by Gasteiger charge is -2.13. The maximum absolute atomic E-state index is 12.3. The van der Waals surface area contributed by atoms with Crippen LogP contribution in [0.4, 0.5) is 0 Å². The molecule has 5 heteroatoms. The normalized spacial score (nSPS) is 13.2. The van der Waals surface area contributed by atoms with Gasteiger partial charge in [0.25, 0.3) is 0 Å². The molecule has 0 saturated carbocycles. The van der Waals surface area contributed by atoms with Gasteiger partial charge in [0.05, 0.1) is 4.90 Å². The van der Waals surface area contributed by atoms with E-state index in [1.807, 2.05) is 6.92 Å². The Hall–Kier alpha value is -1.72. The number of aryl methyl sites for hydroxylation is 1. The standard InChI is InChI=1S/C13H14N2O2S/c1-10-4-6-12(7-5-10)18(16,17)13(14)11-3-2-8-15-9-11/h2-9,13H,14H2,1H3. The first-order valence-electron chi connectivity index (χ1n) is 5.48. The van der Waals surface area contributed by atoms with Gasteiger partial charge >= 0.3 is 0 Å². The number of rotatable bonds is 3. The Morgan fingerprint density at radius 2 is 1.83 bits per heavy atom. The van der Waals surface area contributed by atoms with Gasteiger partial charge in [0.1, 0.15) is 5.37 Å². The number of aromatic nitrogens is 1. The van der Waals surface area contributed by atoms with Crippen molar-refractivity contribution in [3.05, 3.63) is 59.9 Å². The second kappa shape index (κ2) is 4.88. The van der Waals surface area contributed by atoms with Crippen LogP contribution in [-0.4, -0.2) is 13.4 Å². The number of pyridine rings is 1. The summed E-state index contributed by atoms with van der Waals surface area (Å²) in [5.74, 6) is 0. The van der Waals surface area contributed by atoms with Crippen molar-refractivity contribution in [2.75, 3.05) is 0 Å². The van der Waals surface area contributed by atoms with E-state index in [1.165, 1.54) is 6.20 Å². The molecule has 0 bridgehead atoms. The quantitative estimate of drug-likeness (QED) is 0.915. The molecule has 0 spiro atoms. The highest BCUT2D eigenvalue weighted by Gasteiger charge is 2.25. The molecule has 1 unspecified atom stereocenters. The van der Waals surface area contributed by atoms with Crippen LogP contribution in [0.15, 0.2) is 53.7 Å². The molecule has 2 rings (SSSR count). The van der Waals surface area contributed by atoms with E-state index in [-0.39, 0.29) is 4.90 Å². The number of nitrogens with zero attached hydrogens (tertiary/aromatic N) is 1. The van der Waals surface area contributed by atoms with Crippen LogP contribution in [0.2, 0.25) is 0 Å². The SMILES string of the molecule is Cc1ccc(S(=O)(=O)C(N)c2cccnc2)cc1. The predicted molar refractivity (Wildman–Crippen MR) is 69.5 cm³/mol. The van der Waals surface area contributed by atoms with Crippen molar-refractivity contribution < 1.29 is 8.42 Å². The van der Waals surface area contributed by atoms with Gasteiger partial charge < -0.3 is 5.73 Å². The van der Waals surface area contributed by atoms with Gasteiger partial charge in [0.15, 0.2) is 9.84 Å². The first-order chi connectivity index (χ1) is 8.51. The van der Waals surface area contributed by atoms with Crippen LogP contribution < -0.4 is 5.73 Å². The van der Waals surface area contributed by atoms with Crippen molar-refractivity contribution in [1.29, 1.82) is 0 Å². The maximum Gasteiger partial charge on any atom is 0.198 e. The van der Waals surface area contributed by atoms with E-state index in [9.17, 15) is 8.42 Å². The summed E-state index contributed by atoms with van der Waals surface area (Å²) in [6, 6.07) is 9.97. The third kappa shape index (κ3) is 2.42. The minimum atomic E-state index is -3.57. The molecular weight excluding hydrogens is 248 g/mol. The van der Waals surface area contributed by atoms with Crippen molar-refractivity contribution in [2.24, 2.45) is 5.73 Å². The third-order valence-electron chi connectivity index (χ3n) is 2.70. The zero-order valence-electron chi connectivity index (χ0n) is 9.95. The molecule has 18 heavy (non-hydrogen) atoms. The minimum Gasteiger partial charge on any atom is -0.311 e. The molecule has 2 N–H and O–H groups in total. The molecule has 1 aromatic heterocycles. The zero-order valence-corrected chi connectivity index (χ0v) is 10.8. The van der Waals surface area contributed by atoms with E-state index in [4.69, 9.17) is 5.73 Å². The van der Waals surface area contributed by atoms with Crippen molar-refractivity contribution in [3.8, 4) is 0 Å². The number of nitrogens with two attached hydrogens (primary N) is 1. The van der Waals surface area contributed by atoms with Gasteiger partial charge in [-0.3, -0.25) is 4.98 Å². The van der Waals surface area contributed by atoms with Crippen LogP contribution in [0, 0.1) is 6.92 Å². The lowest BCUT2D eigenvalue weighted by molar-refractivity contribution is 0.583. The van der Waals surface area contributed by atoms with Gasteiger partial charge in [0.2, 0.25) is 0 Å². The van der Waals surface area contributed by atoms with Crippen molar-refractivity contribution in [1.82, 2.24) is 4.98 Å². The predicted octanol–water partition coefficient (Wildman–Crippen LogP) is 1.82. The Labute approximate surface area is 106 Å². The van der Waals surface area contributed by atoms with Gasteiger partial charge in [0, 0.05) is 18.0 Å². The highest BCUT2D eigenvalue weighted by atomic mass is 32.2. The molecule has 0 radical (unpaired) electrons. The van der Waals surface area contributed by atoms with Crippen LogP contribution in [0.1, 0.15) is 16.5 Å². The van der Waals surface area contributed by atoms with Crippen LogP contribution >= 0.6 is 0 Å². The molecular formula is C13H14N2O2S. The summed E-state index contributed by atoms with van der Waals surface area (Å²) in [6.45, 7) is 1.90. The van der Waals surface area contributed by atoms with Gasteiger partial charge in [-0.25, -0.2) is 8.42 Å². The summed E-state index contributed by atoms with van der Waals surface area (Å²) >= 11 is 0. The summed E-state index contributed by atoms with van der Waals surface area (Å²) in [5.41, 5.74) is 7.30. The smallest absolute Gasteiger partial charge is 0.198 e. The van der Waals surface area contributed by atoms with Crippen LogP contribution in [-0.2, 0) is 9.84 Å². The second-order valence-corrected chi connectivity index (χ2v) is 6.13. The Morgan fingerprint density at radius 1 is 1.17 bits per heavy atom. The molecule has 1 aromatic carbocycles. The van der Waals surface area contributed by atoms with Crippen LogP contribution in [0.3, 0.4) is 0 Å². The average molecular weight is 262 g/mol. The van der Waals surface area contributed by atoms with E-state index >= 15 is 0 Å². The highest BCUT2D eigenvalue weighted by Crippen LogP contribution is 2.24. The molecule has 0 amide bonds. The van der Waals surface area contributed by atoms with Gasteiger partial charge in [-0.15, -0.1) is 0 Å². The fourth-order valence-corrected chi connectivity index (χ4v) is 2.90.